The fourth-order valence-electron chi connectivity index (χ4n) is 0. The van der Waals surface area contributed by atoms with Crippen molar-refractivity contribution in [3.63, 3.8) is 0 Å². The smallest absolute Gasteiger partial charge is 0.313 e. The molecule has 0 aliphatic heterocycles. The molecule has 0 radical (unpaired) electrons. The van der Waals surface area contributed by atoms with Gasteiger partial charge in [-0.05, 0) is 6.92 Å². The van der Waals surface area contributed by atoms with Gasteiger partial charge in [0.25, 0.3) is 0 Å². The Morgan fingerprint density at radius 2 is 2.00 bits per heavy atom. The van der Waals surface area contributed by atoms with E-state index in [9.17, 15) is 4.79 Å². The molecule has 0 bridgehead atoms. The Morgan fingerprint density at radius 1 is 1.80 bits per heavy atom. The van der Waals surface area contributed by atoms with Gasteiger partial charge in [0.2, 0.25) is 0 Å². The second kappa shape index (κ2) is 8.74. The van der Waals surface area contributed by atoms with Crippen LogP contribution in [0.15, 0.2) is 0 Å². The quantitative estimate of drug-likeness (QED) is 0.411. The van der Waals surface area contributed by atoms with Crippen LogP contribution in [0.4, 0.5) is 0 Å². The molecule has 0 saturated heterocycles. The molecule has 0 saturated carbocycles. The van der Waals surface area contributed by atoms with E-state index in [1.807, 2.05) is 0 Å². The molecule has 0 fully saturated rings. The molecular weight excluding hydrogens is 154 g/mol. The number of thiol groups is 1. The molecule has 1 unspecified atom stereocenters. The van der Waals surface area contributed by atoms with Crippen molar-refractivity contribution in [3.05, 3.63) is 0 Å². The maximum absolute atomic E-state index is 9.29. The highest BCUT2D eigenvalue weighted by Gasteiger charge is 1.82. The predicted octanol–water partition coefficient (Wildman–Crippen LogP) is -0.673. The molecule has 0 spiro atoms. The summed E-state index contributed by atoms with van der Waals surface area (Å²) in [6, 6.07) is 0. The first-order valence-corrected chi connectivity index (χ1v) is 3.38. The summed E-state index contributed by atoms with van der Waals surface area (Å²) in [4.78, 5) is 9.29. The van der Waals surface area contributed by atoms with Crippen LogP contribution in [0, 0.1) is 0 Å². The summed E-state index contributed by atoms with van der Waals surface area (Å²) in [5.41, 5.74) is 4.92. The zero-order valence-corrected chi connectivity index (χ0v) is 6.71. The molecule has 0 aromatic carbocycles. The first-order valence-electron chi connectivity index (χ1n) is 2.75. The van der Waals surface area contributed by atoms with Crippen molar-refractivity contribution in [3.8, 4) is 0 Å². The summed E-state index contributed by atoms with van der Waals surface area (Å²) >= 11 is 3.42. The molecule has 0 aliphatic rings. The summed E-state index contributed by atoms with van der Waals surface area (Å²) in [6.07, 6.45) is -0.338. The highest BCUT2D eigenvalue weighted by molar-refractivity contribution is 7.81. The lowest BCUT2D eigenvalue weighted by Crippen LogP contribution is -2.14. The van der Waals surface area contributed by atoms with Crippen LogP contribution in [-0.2, 0) is 4.79 Å². The van der Waals surface area contributed by atoms with Crippen LogP contribution in [0.1, 0.15) is 6.92 Å². The molecule has 0 aromatic heterocycles. The van der Waals surface area contributed by atoms with Gasteiger partial charge < -0.3 is 15.9 Å². The number of aliphatic hydroxyl groups excluding tert-OH is 1. The van der Waals surface area contributed by atoms with Crippen molar-refractivity contribution in [1.29, 1.82) is 0 Å². The van der Waals surface area contributed by atoms with Crippen LogP contribution >= 0.6 is 12.6 Å². The van der Waals surface area contributed by atoms with Gasteiger partial charge in [-0.2, -0.15) is 12.6 Å². The van der Waals surface area contributed by atoms with Crippen LogP contribution in [0.5, 0.6) is 0 Å². The average molecular weight is 167 g/mol. The Kier molecular flexibility index (Phi) is 10.9. The fourth-order valence-corrected chi connectivity index (χ4v) is 0. The van der Waals surface area contributed by atoms with Gasteiger partial charge in [-0.3, -0.25) is 4.79 Å². The molecule has 0 aromatic rings. The van der Waals surface area contributed by atoms with Gasteiger partial charge in [0.15, 0.2) is 0 Å². The number of nitrogens with two attached hydrogens (primary N) is 1. The fraction of sp³-hybridized carbons (Fsp3) is 0.800. The van der Waals surface area contributed by atoms with Crippen LogP contribution < -0.4 is 5.73 Å². The molecule has 0 rings (SSSR count). The number of carboxylic acid groups (broad SMARTS) is 1. The molecule has 10 heavy (non-hydrogen) atoms. The third-order valence-corrected chi connectivity index (χ3v) is 0.747. The SMILES string of the molecule is CC(O)CN.O=C(O)CS. The van der Waals surface area contributed by atoms with E-state index in [1.165, 1.54) is 0 Å². The first kappa shape index (κ1) is 12.4. The van der Waals surface area contributed by atoms with E-state index in [2.05, 4.69) is 12.6 Å². The zero-order chi connectivity index (χ0) is 8.57. The lowest BCUT2D eigenvalue weighted by atomic mass is 10.4. The minimum Gasteiger partial charge on any atom is -0.481 e. The summed E-state index contributed by atoms with van der Waals surface area (Å²) in [5, 5.41) is 15.9. The summed E-state index contributed by atoms with van der Waals surface area (Å²) in [7, 11) is 0. The first-order chi connectivity index (χ1) is 4.54. The maximum atomic E-state index is 9.29. The summed E-state index contributed by atoms with van der Waals surface area (Å²) in [5.74, 6) is -0.965. The molecular formula is C5H13NO3S. The Bertz CT molecular complexity index is 87.0. The molecule has 4 N–H and O–H groups in total. The second-order valence-electron chi connectivity index (χ2n) is 1.64. The third-order valence-electron chi connectivity index (χ3n) is 0.476. The van der Waals surface area contributed by atoms with Gasteiger partial charge in [-0.1, -0.05) is 0 Å². The topological polar surface area (TPSA) is 83.5 Å². The van der Waals surface area contributed by atoms with E-state index in [0.29, 0.717) is 6.54 Å². The van der Waals surface area contributed by atoms with Crippen LogP contribution in [0.25, 0.3) is 0 Å². The largest absolute Gasteiger partial charge is 0.481 e. The van der Waals surface area contributed by atoms with Crippen molar-refractivity contribution in [1.82, 2.24) is 0 Å². The Balaban J connectivity index is 0. The average Bonchev–Trinajstić information content (AvgIpc) is 1.89. The Hall–Kier alpha value is -0.260. The van der Waals surface area contributed by atoms with E-state index < -0.39 is 5.97 Å². The molecule has 0 aliphatic carbocycles. The van der Waals surface area contributed by atoms with Gasteiger partial charge in [-0.25, -0.2) is 0 Å². The van der Waals surface area contributed by atoms with Gasteiger partial charge >= 0.3 is 5.97 Å². The van der Waals surface area contributed by atoms with Crippen molar-refractivity contribution in [2.24, 2.45) is 5.73 Å². The van der Waals surface area contributed by atoms with Gasteiger partial charge in [0, 0.05) is 6.54 Å². The number of carboxylic acids is 1. The Labute approximate surface area is 65.4 Å². The minimum atomic E-state index is -0.881. The lowest BCUT2D eigenvalue weighted by molar-refractivity contribution is -0.133. The standard InChI is InChI=1S/C3H9NO.C2H4O2S/c1-3(5)2-4;3-2(4)1-5/h3,5H,2,4H2,1H3;5H,1H2,(H,3,4). The minimum absolute atomic E-state index is 0.0833. The number of aliphatic hydroxyl groups is 1. The molecule has 5 heteroatoms. The zero-order valence-electron chi connectivity index (χ0n) is 5.82. The summed E-state index contributed by atoms with van der Waals surface area (Å²) in [6.45, 7) is 2.01. The monoisotopic (exact) mass is 167 g/mol. The highest BCUT2D eigenvalue weighted by atomic mass is 32.1. The number of rotatable bonds is 2. The van der Waals surface area contributed by atoms with E-state index in [1.54, 1.807) is 6.92 Å². The van der Waals surface area contributed by atoms with Crippen molar-refractivity contribution in [2.45, 2.75) is 13.0 Å². The summed E-state index contributed by atoms with van der Waals surface area (Å²) < 4.78 is 0. The van der Waals surface area contributed by atoms with Crippen LogP contribution in [-0.4, -0.2) is 34.6 Å². The number of aliphatic carboxylic acids is 1. The Morgan fingerprint density at radius 3 is 2.00 bits per heavy atom. The maximum Gasteiger partial charge on any atom is 0.313 e. The van der Waals surface area contributed by atoms with E-state index in [-0.39, 0.29) is 11.9 Å². The van der Waals surface area contributed by atoms with Crippen LogP contribution in [0.2, 0.25) is 0 Å². The number of carbonyl (C=O) groups is 1. The van der Waals surface area contributed by atoms with E-state index in [4.69, 9.17) is 15.9 Å². The highest BCUT2D eigenvalue weighted by Crippen LogP contribution is 1.66. The van der Waals surface area contributed by atoms with E-state index in [0.717, 1.165) is 0 Å². The third kappa shape index (κ3) is 25.1. The van der Waals surface area contributed by atoms with E-state index >= 15 is 0 Å². The van der Waals surface area contributed by atoms with Gasteiger partial charge in [0.1, 0.15) is 0 Å². The van der Waals surface area contributed by atoms with Gasteiger partial charge in [0.05, 0.1) is 11.9 Å². The van der Waals surface area contributed by atoms with Gasteiger partial charge in [-0.15, -0.1) is 0 Å². The second-order valence-corrected chi connectivity index (χ2v) is 1.95. The number of hydrogen-bond acceptors (Lipinski definition) is 4. The molecule has 4 nitrogen and oxygen atoms in total. The lowest BCUT2D eigenvalue weighted by Gasteiger charge is -1.91. The molecule has 0 heterocycles. The molecule has 62 valence electrons. The molecule has 0 amide bonds. The van der Waals surface area contributed by atoms with Crippen molar-refractivity contribution in [2.75, 3.05) is 12.3 Å². The van der Waals surface area contributed by atoms with Crippen molar-refractivity contribution < 1.29 is 15.0 Å². The molecule has 1 atom stereocenters. The van der Waals surface area contributed by atoms with Crippen LogP contribution in [0.3, 0.4) is 0 Å². The predicted molar refractivity (Wildman–Crippen MR) is 42.2 cm³/mol. The number of hydrogen-bond donors (Lipinski definition) is 4. The normalized spacial score (nSPS) is 11.2. The van der Waals surface area contributed by atoms with Crippen molar-refractivity contribution >= 4 is 18.6 Å².